The molecular weight excluding hydrogens is 248 g/mol. The Balaban J connectivity index is 2.03. The van der Waals surface area contributed by atoms with Crippen molar-refractivity contribution in [2.75, 3.05) is 12.8 Å². The monoisotopic (exact) mass is 264 g/mol. The lowest BCUT2D eigenvalue weighted by Crippen LogP contribution is -2.19. The second-order valence-corrected chi connectivity index (χ2v) is 4.96. The van der Waals surface area contributed by atoms with E-state index in [4.69, 9.17) is 17.3 Å². The number of hydrogen-bond acceptors (Lipinski definition) is 3. The van der Waals surface area contributed by atoms with E-state index in [2.05, 4.69) is 9.88 Å². The molecule has 0 saturated carbocycles. The van der Waals surface area contributed by atoms with Crippen LogP contribution in [0.25, 0.3) is 0 Å². The number of benzene rings is 1. The maximum absolute atomic E-state index is 5.99. The predicted octanol–water partition coefficient (Wildman–Crippen LogP) is 2.29. The van der Waals surface area contributed by atoms with Crippen LogP contribution in [0.5, 0.6) is 0 Å². The summed E-state index contributed by atoms with van der Waals surface area (Å²) in [5.74, 6) is 1.03. The lowest BCUT2D eigenvalue weighted by molar-refractivity contribution is 0.307. The van der Waals surface area contributed by atoms with Gasteiger partial charge >= 0.3 is 0 Å². The van der Waals surface area contributed by atoms with Crippen LogP contribution in [0.1, 0.15) is 11.4 Å². The van der Waals surface area contributed by atoms with Crippen molar-refractivity contribution in [3.63, 3.8) is 0 Å². The van der Waals surface area contributed by atoms with Gasteiger partial charge in [0.25, 0.3) is 0 Å². The average molecular weight is 265 g/mol. The van der Waals surface area contributed by atoms with Crippen LogP contribution >= 0.6 is 11.6 Å². The number of rotatable bonds is 4. The Kier molecular flexibility index (Phi) is 3.89. The summed E-state index contributed by atoms with van der Waals surface area (Å²) in [6.07, 6.45) is 3.75. The van der Waals surface area contributed by atoms with Crippen molar-refractivity contribution in [1.82, 2.24) is 14.5 Å². The van der Waals surface area contributed by atoms with Gasteiger partial charge in [0.05, 0.1) is 6.54 Å². The van der Waals surface area contributed by atoms with Gasteiger partial charge in [0, 0.05) is 36.7 Å². The number of aryl methyl sites for hydroxylation is 1. The number of imidazole rings is 1. The molecule has 18 heavy (non-hydrogen) atoms. The van der Waals surface area contributed by atoms with E-state index in [1.165, 1.54) is 0 Å². The molecule has 2 aromatic rings. The van der Waals surface area contributed by atoms with Crippen LogP contribution in [0.2, 0.25) is 5.02 Å². The molecule has 0 aliphatic carbocycles. The van der Waals surface area contributed by atoms with Crippen molar-refractivity contribution in [1.29, 1.82) is 0 Å². The van der Waals surface area contributed by atoms with Gasteiger partial charge in [0.1, 0.15) is 5.82 Å². The van der Waals surface area contributed by atoms with Crippen molar-refractivity contribution in [3.05, 3.63) is 47.0 Å². The molecular formula is C13H17ClN4. The highest BCUT2D eigenvalue weighted by Gasteiger charge is 2.06. The number of anilines is 1. The molecule has 0 atom stereocenters. The summed E-state index contributed by atoms with van der Waals surface area (Å²) in [5, 5.41) is 0.676. The van der Waals surface area contributed by atoms with E-state index in [0.717, 1.165) is 24.5 Å². The molecule has 1 heterocycles. The maximum Gasteiger partial charge on any atom is 0.122 e. The Hall–Kier alpha value is -1.52. The first-order valence-electron chi connectivity index (χ1n) is 5.74. The minimum absolute atomic E-state index is 0.676. The van der Waals surface area contributed by atoms with E-state index < -0.39 is 0 Å². The minimum atomic E-state index is 0.676. The van der Waals surface area contributed by atoms with Crippen molar-refractivity contribution >= 4 is 17.3 Å². The number of nitrogens with two attached hydrogens (primary N) is 1. The Morgan fingerprint density at radius 2 is 2.11 bits per heavy atom. The third-order valence-corrected chi connectivity index (χ3v) is 2.98. The van der Waals surface area contributed by atoms with Crippen molar-refractivity contribution in [2.45, 2.75) is 13.1 Å². The number of halogens is 1. The number of aromatic nitrogens is 2. The zero-order valence-electron chi connectivity index (χ0n) is 10.6. The summed E-state index contributed by atoms with van der Waals surface area (Å²) in [4.78, 5) is 6.48. The molecule has 4 nitrogen and oxygen atoms in total. The zero-order valence-corrected chi connectivity index (χ0v) is 11.4. The Bertz CT molecular complexity index is 515. The summed E-state index contributed by atoms with van der Waals surface area (Å²) in [5.41, 5.74) is 7.58. The summed E-state index contributed by atoms with van der Waals surface area (Å²) in [6, 6.07) is 5.64. The first-order valence-corrected chi connectivity index (χ1v) is 6.12. The van der Waals surface area contributed by atoms with Gasteiger partial charge in [0.2, 0.25) is 0 Å². The first-order chi connectivity index (χ1) is 8.54. The first kappa shape index (κ1) is 12.9. The van der Waals surface area contributed by atoms with E-state index >= 15 is 0 Å². The molecule has 0 radical (unpaired) electrons. The molecule has 1 aromatic carbocycles. The van der Waals surface area contributed by atoms with Gasteiger partial charge in [-0.3, -0.25) is 4.90 Å². The molecule has 2 rings (SSSR count). The second kappa shape index (κ2) is 5.42. The van der Waals surface area contributed by atoms with Crippen molar-refractivity contribution in [2.24, 2.45) is 7.05 Å². The fourth-order valence-electron chi connectivity index (χ4n) is 1.92. The third-order valence-electron chi connectivity index (χ3n) is 2.76. The fourth-order valence-corrected chi connectivity index (χ4v) is 2.19. The minimum Gasteiger partial charge on any atom is -0.399 e. The molecule has 0 aliphatic heterocycles. The van der Waals surface area contributed by atoms with Crippen molar-refractivity contribution < 1.29 is 0 Å². The molecule has 5 heteroatoms. The molecule has 0 aliphatic rings. The van der Waals surface area contributed by atoms with Gasteiger partial charge < -0.3 is 10.3 Å². The molecule has 0 spiro atoms. The van der Waals surface area contributed by atoms with Crippen LogP contribution in [0.15, 0.2) is 30.6 Å². The summed E-state index contributed by atoms with van der Waals surface area (Å²) in [6.45, 7) is 1.58. The molecule has 0 fully saturated rings. The van der Waals surface area contributed by atoms with E-state index in [1.54, 1.807) is 12.3 Å². The molecule has 0 bridgehead atoms. The Labute approximate surface area is 112 Å². The highest BCUT2D eigenvalue weighted by Crippen LogP contribution is 2.18. The quantitative estimate of drug-likeness (QED) is 0.862. The lowest BCUT2D eigenvalue weighted by atomic mass is 10.2. The van der Waals surface area contributed by atoms with Gasteiger partial charge in [-0.05, 0) is 30.8 Å². The van der Waals surface area contributed by atoms with E-state index in [-0.39, 0.29) is 0 Å². The highest BCUT2D eigenvalue weighted by atomic mass is 35.5. The SMILES string of the molecule is CN(Cc1cc(N)cc(Cl)c1)Cc1nccn1C. The zero-order chi connectivity index (χ0) is 13.1. The van der Waals surface area contributed by atoms with E-state index in [9.17, 15) is 0 Å². The van der Waals surface area contributed by atoms with Gasteiger partial charge in [-0.25, -0.2) is 4.98 Å². The van der Waals surface area contributed by atoms with E-state index in [0.29, 0.717) is 10.7 Å². The van der Waals surface area contributed by atoms with Gasteiger partial charge in [-0.2, -0.15) is 0 Å². The van der Waals surface area contributed by atoms with Crippen LogP contribution in [0.4, 0.5) is 5.69 Å². The summed E-state index contributed by atoms with van der Waals surface area (Å²) >= 11 is 5.99. The summed E-state index contributed by atoms with van der Waals surface area (Å²) in [7, 11) is 4.04. The maximum atomic E-state index is 5.99. The van der Waals surface area contributed by atoms with Crippen LogP contribution in [0, 0.1) is 0 Å². The molecule has 96 valence electrons. The van der Waals surface area contributed by atoms with Gasteiger partial charge in [-0.1, -0.05) is 11.6 Å². The van der Waals surface area contributed by atoms with E-state index in [1.807, 2.05) is 37.0 Å². The predicted molar refractivity (Wildman–Crippen MR) is 74.2 cm³/mol. The van der Waals surface area contributed by atoms with Crippen LogP contribution < -0.4 is 5.73 Å². The molecule has 0 unspecified atom stereocenters. The van der Waals surface area contributed by atoms with Gasteiger partial charge in [-0.15, -0.1) is 0 Å². The van der Waals surface area contributed by atoms with Gasteiger partial charge in [0.15, 0.2) is 0 Å². The topological polar surface area (TPSA) is 47.1 Å². The standard InChI is InChI=1S/C13H17ClN4/c1-17(9-13-16-3-4-18(13)2)8-10-5-11(14)7-12(15)6-10/h3-7H,8-9,15H2,1-2H3. The highest BCUT2D eigenvalue weighted by molar-refractivity contribution is 6.30. The normalized spacial score (nSPS) is 11.1. The van der Waals surface area contributed by atoms with Crippen LogP contribution in [-0.4, -0.2) is 21.5 Å². The number of hydrogen-bond donors (Lipinski definition) is 1. The lowest BCUT2D eigenvalue weighted by Gasteiger charge is -2.16. The van der Waals surface area contributed by atoms with Crippen molar-refractivity contribution in [3.8, 4) is 0 Å². The smallest absolute Gasteiger partial charge is 0.122 e. The molecule has 1 aromatic heterocycles. The number of nitrogens with zero attached hydrogens (tertiary/aromatic N) is 3. The fraction of sp³-hybridized carbons (Fsp3) is 0.308. The largest absolute Gasteiger partial charge is 0.399 e. The number of nitrogen functional groups attached to an aromatic ring is 1. The Morgan fingerprint density at radius 3 is 2.72 bits per heavy atom. The second-order valence-electron chi connectivity index (χ2n) is 4.52. The Morgan fingerprint density at radius 1 is 1.33 bits per heavy atom. The average Bonchev–Trinajstić information content (AvgIpc) is 2.62. The van der Waals surface area contributed by atoms with Crippen LogP contribution in [0.3, 0.4) is 0 Å². The molecule has 2 N–H and O–H groups in total. The summed E-state index contributed by atoms with van der Waals surface area (Å²) < 4.78 is 2.02. The third kappa shape index (κ3) is 3.24. The molecule has 0 saturated heterocycles. The van der Waals surface area contributed by atoms with Crippen LogP contribution in [-0.2, 0) is 20.1 Å². The molecule has 0 amide bonds.